The van der Waals surface area contributed by atoms with Crippen LogP contribution in [0.2, 0.25) is 0 Å². The Morgan fingerprint density at radius 2 is 2.16 bits per heavy atom. The Bertz CT molecular complexity index is 915. The molecular formula is C19H25N3O2S. The third kappa shape index (κ3) is 3.27. The van der Waals surface area contributed by atoms with E-state index >= 15 is 0 Å². The molecule has 0 bridgehead atoms. The molecule has 25 heavy (non-hydrogen) atoms. The van der Waals surface area contributed by atoms with Crippen LogP contribution in [0, 0.1) is 10.7 Å². The zero-order chi connectivity index (χ0) is 18.1. The molecule has 1 aliphatic rings. The summed E-state index contributed by atoms with van der Waals surface area (Å²) in [5.41, 5.74) is 1.09. The van der Waals surface area contributed by atoms with Gasteiger partial charge in [0.05, 0.1) is 10.9 Å². The van der Waals surface area contributed by atoms with Gasteiger partial charge in [-0.05, 0) is 55.6 Å². The molecule has 1 saturated heterocycles. The largest absolute Gasteiger partial charge is 0.335 e. The van der Waals surface area contributed by atoms with Gasteiger partial charge in [-0.2, -0.15) is 0 Å². The molecule has 0 aliphatic carbocycles. The van der Waals surface area contributed by atoms with Crippen molar-refractivity contribution in [2.45, 2.75) is 45.6 Å². The Balaban J connectivity index is 2.00. The molecule has 0 saturated carbocycles. The summed E-state index contributed by atoms with van der Waals surface area (Å²) in [5, 5.41) is 0.546. The highest BCUT2D eigenvalue weighted by Crippen LogP contribution is 2.28. The molecule has 2 aromatic rings. The van der Waals surface area contributed by atoms with Gasteiger partial charge < -0.3 is 9.88 Å². The lowest BCUT2D eigenvalue weighted by molar-refractivity contribution is 0.0498. The lowest BCUT2D eigenvalue weighted by Gasteiger charge is -2.40. The number of piperidine rings is 1. The highest BCUT2D eigenvalue weighted by Gasteiger charge is 2.31. The lowest BCUT2D eigenvalue weighted by atomic mass is 9.87. The Morgan fingerprint density at radius 1 is 1.40 bits per heavy atom. The molecule has 5 nitrogen and oxygen atoms in total. The average molecular weight is 359 g/mol. The van der Waals surface area contributed by atoms with E-state index < -0.39 is 0 Å². The van der Waals surface area contributed by atoms with Crippen LogP contribution in [0.1, 0.15) is 49.9 Å². The predicted molar refractivity (Wildman–Crippen MR) is 103 cm³/mol. The Morgan fingerprint density at radius 3 is 2.88 bits per heavy atom. The number of amides is 1. The third-order valence-corrected chi connectivity index (χ3v) is 5.68. The van der Waals surface area contributed by atoms with E-state index in [4.69, 9.17) is 12.2 Å². The minimum atomic E-state index is -0.145. The Hall–Kier alpha value is -1.95. The van der Waals surface area contributed by atoms with Gasteiger partial charge in [-0.15, -0.1) is 0 Å². The van der Waals surface area contributed by atoms with Crippen molar-refractivity contribution in [3.05, 3.63) is 38.9 Å². The highest BCUT2D eigenvalue weighted by atomic mass is 32.1. The first kappa shape index (κ1) is 17.9. The number of likely N-dealkylation sites (tertiary alicyclic amines) is 1. The summed E-state index contributed by atoms with van der Waals surface area (Å²) in [4.78, 5) is 30.5. The highest BCUT2D eigenvalue weighted by molar-refractivity contribution is 7.71. The number of nitrogens with one attached hydrogen (secondary N) is 1. The van der Waals surface area contributed by atoms with Gasteiger partial charge in [0, 0.05) is 25.2 Å². The first-order valence-electron chi connectivity index (χ1n) is 8.98. The molecule has 134 valence electrons. The molecule has 1 N–H and O–H groups in total. The van der Waals surface area contributed by atoms with Crippen LogP contribution in [0.5, 0.6) is 0 Å². The van der Waals surface area contributed by atoms with Gasteiger partial charge in [0.15, 0.2) is 4.77 Å². The molecule has 1 aliphatic heterocycles. The average Bonchev–Trinajstić information content (AvgIpc) is 2.60. The molecule has 3 rings (SSSR count). The van der Waals surface area contributed by atoms with Crippen LogP contribution in [0.25, 0.3) is 10.9 Å². The van der Waals surface area contributed by atoms with E-state index in [0.29, 0.717) is 33.2 Å². The zero-order valence-corrected chi connectivity index (χ0v) is 15.9. The van der Waals surface area contributed by atoms with E-state index in [0.717, 1.165) is 25.8 Å². The van der Waals surface area contributed by atoms with Gasteiger partial charge in [-0.1, -0.05) is 20.3 Å². The van der Waals surface area contributed by atoms with E-state index in [1.807, 2.05) is 4.90 Å². The predicted octanol–water partition coefficient (Wildman–Crippen LogP) is 3.64. The Labute approximate surface area is 152 Å². The number of hydrogen-bond acceptors (Lipinski definition) is 3. The van der Waals surface area contributed by atoms with Crippen LogP contribution in [-0.4, -0.2) is 32.9 Å². The molecule has 1 aromatic heterocycles. The number of nitrogens with zero attached hydrogens (tertiary/aromatic N) is 2. The summed E-state index contributed by atoms with van der Waals surface area (Å²) in [6, 6.07) is 5.53. The van der Waals surface area contributed by atoms with Gasteiger partial charge >= 0.3 is 0 Å². The van der Waals surface area contributed by atoms with Crippen molar-refractivity contribution in [1.29, 1.82) is 0 Å². The van der Waals surface area contributed by atoms with Crippen LogP contribution in [0.15, 0.2) is 23.0 Å². The molecule has 0 unspecified atom stereocenters. The lowest BCUT2D eigenvalue weighted by Crippen LogP contribution is -2.47. The van der Waals surface area contributed by atoms with Gasteiger partial charge in [-0.3, -0.25) is 14.2 Å². The number of fused-ring (bicyclic) bond motifs is 1. The van der Waals surface area contributed by atoms with Crippen molar-refractivity contribution in [1.82, 2.24) is 14.5 Å². The molecule has 0 spiro atoms. The van der Waals surface area contributed by atoms with Crippen molar-refractivity contribution in [2.75, 3.05) is 6.54 Å². The number of benzene rings is 1. The van der Waals surface area contributed by atoms with Gasteiger partial charge in [0.2, 0.25) is 0 Å². The monoisotopic (exact) mass is 359 g/mol. The fourth-order valence-corrected chi connectivity index (χ4v) is 4.04. The van der Waals surface area contributed by atoms with Crippen LogP contribution in [0.3, 0.4) is 0 Å². The maximum absolute atomic E-state index is 13.1. The zero-order valence-electron chi connectivity index (χ0n) is 15.0. The van der Waals surface area contributed by atoms with Crippen molar-refractivity contribution in [3.63, 3.8) is 0 Å². The quantitative estimate of drug-likeness (QED) is 0.851. The fourth-order valence-electron chi connectivity index (χ4n) is 3.84. The number of carbonyl (C=O) groups excluding carboxylic acids is 1. The van der Waals surface area contributed by atoms with Crippen LogP contribution in [-0.2, 0) is 7.05 Å². The van der Waals surface area contributed by atoms with Crippen LogP contribution >= 0.6 is 12.2 Å². The maximum atomic E-state index is 13.1. The normalized spacial score (nSPS) is 20.8. The number of rotatable bonds is 3. The SMILES string of the molecule is CCC[C@H]1[C@@H](C)CCCN1C(=O)c1ccc2c(=O)n(C)c(=S)[nH]c2c1. The number of aromatic amines is 1. The van der Waals surface area contributed by atoms with Gasteiger partial charge in [0.1, 0.15) is 0 Å². The van der Waals surface area contributed by atoms with Crippen molar-refractivity contribution < 1.29 is 4.79 Å². The molecule has 0 radical (unpaired) electrons. The first-order chi connectivity index (χ1) is 11.9. The summed E-state index contributed by atoms with van der Waals surface area (Å²) in [6.45, 7) is 5.20. The minimum absolute atomic E-state index is 0.0481. The molecule has 2 heterocycles. The van der Waals surface area contributed by atoms with Crippen molar-refractivity contribution >= 4 is 29.0 Å². The molecule has 1 fully saturated rings. The third-order valence-electron chi connectivity index (χ3n) is 5.31. The minimum Gasteiger partial charge on any atom is -0.335 e. The van der Waals surface area contributed by atoms with E-state index in [1.54, 1.807) is 25.2 Å². The second kappa shape index (κ2) is 7.12. The van der Waals surface area contributed by atoms with Crippen molar-refractivity contribution in [2.24, 2.45) is 13.0 Å². The number of hydrogen-bond donors (Lipinski definition) is 1. The topological polar surface area (TPSA) is 58.1 Å². The second-order valence-electron chi connectivity index (χ2n) is 7.03. The van der Waals surface area contributed by atoms with E-state index in [1.165, 1.54) is 11.0 Å². The fraction of sp³-hybridized carbons (Fsp3) is 0.526. The molecule has 6 heteroatoms. The standard InChI is InChI=1S/C19H25N3O2S/c1-4-6-16-12(2)7-5-10-22(16)17(23)13-8-9-14-15(11-13)20-19(25)21(3)18(14)24/h8-9,11-12,16H,4-7,10H2,1-3H3,(H,20,25)/t12-,16-/m0/s1. The number of carbonyl (C=O) groups is 1. The summed E-state index contributed by atoms with van der Waals surface area (Å²) >= 11 is 5.18. The van der Waals surface area contributed by atoms with Crippen LogP contribution < -0.4 is 5.56 Å². The molecule has 1 aromatic carbocycles. The maximum Gasteiger partial charge on any atom is 0.261 e. The number of aromatic nitrogens is 2. The summed E-state index contributed by atoms with van der Waals surface area (Å²) in [5.74, 6) is 0.572. The Kier molecular flexibility index (Phi) is 5.08. The summed E-state index contributed by atoms with van der Waals surface area (Å²) in [7, 11) is 1.64. The number of H-pyrrole nitrogens is 1. The molecule has 2 atom stereocenters. The summed E-state index contributed by atoms with van der Waals surface area (Å²) < 4.78 is 1.76. The van der Waals surface area contributed by atoms with Crippen molar-refractivity contribution in [3.8, 4) is 0 Å². The second-order valence-corrected chi connectivity index (χ2v) is 7.42. The first-order valence-corrected chi connectivity index (χ1v) is 9.39. The summed E-state index contributed by atoms with van der Waals surface area (Å²) in [6.07, 6.45) is 4.32. The smallest absolute Gasteiger partial charge is 0.261 e. The van der Waals surface area contributed by atoms with E-state index in [2.05, 4.69) is 18.8 Å². The van der Waals surface area contributed by atoms with E-state index in [-0.39, 0.29) is 11.5 Å². The van der Waals surface area contributed by atoms with Gasteiger partial charge in [-0.25, -0.2) is 0 Å². The van der Waals surface area contributed by atoms with Crippen LogP contribution in [0.4, 0.5) is 0 Å². The molecular weight excluding hydrogens is 334 g/mol. The van der Waals surface area contributed by atoms with Gasteiger partial charge in [0.25, 0.3) is 11.5 Å². The molecule has 1 amide bonds. The van der Waals surface area contributed by atoms with E-state index in [9.17, 15) is 9.59 Å².